The average molecular weight is 269 g/mol. The maximum absolute atomic E-state index is 13.0. The van der Waals surface area contributed by atoms with E-state index in [2.05, 4.69) is 0 Å². The van der Waals surface area contributed by atoms with Crippen molar-refractivity contribution in [3.8, 4) is 5.75 Å². The Hall–Kier alpha value is -1.62. The fraction of sp³-hybridized carbons (Fsp3) is 0.500. The summed E-state index contributed by atoms with van der Waals surface area (Å²) < 4.78 is 18.4. The summed E-state index contributed by atoms with van der Waals surface area (Å²) in [5.41, 5.74) is -0.670. The van der Waals surface area contributed by atoms with Crippen LogP contribution in [0.25, 0.3) is 0 Å². The van der Waals surface area contributed by atoms with Gasteiger partial charge in [-0.3, -0.25) is 4.79 Å². The number of likely N-dealkylation sites (N-methyl/N-ethyl adjacent to an activating group) is 1. The molecule has 0 aromatic heterocycles. The van der Waals surface area contributed by atoms with E-state index in [0.29, 0.717) is 5.75 Å². The van der Waals surface area contributed by atoms with Crippen LogP contribution < -0.4 is 4.74 Å². The van der Waals surface area contributed by atoms with Gasteiger partial charge in [-0.15, -0.1) is 0 Å². The topological polar surface area (TPSA) is 49.8 Å². The molecule has 0 aliphatic heterocycles. The fourth-order valence-electron chi connectivity index (χ4n) is 1.47. The molecular weight excluding hydrogens is 249 g/mol. The van der Waals surface area contributed by atoms with Gasteiger partial charge in [-0.2, -0.15) is 0 Å². The Morgan fingerprint density at radius 1 is 1.53 bits per heavy atom. The molecule has 1 unspecified atom stereocenters. The molecule has 1 N–H and O–H groups in total. The summed E-state index contributed by atoms with van der Waals surface area (Å²) in [6.45, 7) is 4.94. The van der Waals surface area contributed by atoms with E-state index in [4.69, 9.17) is 4.74 Å². The lowest BCUT2D eigenvalue weighted by Gasteiger charge is -2.35. The number of aliphatic hydroxyl groups excluding tert-OH is 1. The van der Waals surface area contributed by atoms with Gasteiger partial charge in [-0.25, -0.2) is 4.39 Å². The Bertz CT molecular complexity index is 448. The number of hydrogen-bond donors (Lipinski definition) is 1. The standard InChI is InChI=1S/C14H20FNO3/c1-10(13(18)16(4)14(2,3)9-17)19-12-7-5-6-11(15)8-12/h5-8,10,17H,9H2,1-4H3. The molecule has 1 aromatic rings. The minimum Gasteiger partial charge on any atom is -0.481 e. The number of rotatable bonds is 5. The molecular formula is C14H20FNO3. The van der Waals surface area contributed by atoms with Crippen molar-refractivity contribution in [3.05, 3.63) is 30.1 Å². The largest absolute Gasteiger partial charge is 0.481 e. The third-order valence-corrected chi connectivity index (χ3v) is 3.08. The number of aliphatic hydroxyl groups is 1. The van der Waals surface area contributed by atoms with Crippen molar-refractivity contribution >= 4 is 5.91 Å². The van der Waals surface area contributed by atoms with Gasteiger partial charge in [0.2, 0.25) is 0 Å². The van der Waals surface area contributed by atoms with Crippen molar-refractivity contribution in [1.82, 2.24) is 4.90 Å². The fourth-order valence-corrected chi connectivity index (χ4v) is 1.47. The Morgan fingerprint density at radius 2 is 2.16 bits per heavy atom. The third-order valence-electron chi connectivity index (χ3n) is 3.08. The Labute approximate surface area is 112 Å². The lowest BCUT2D eigenvalue weighted by molar-refractivity contribution is -0.142. The zero-order chi connectivity index (χ0) is 14.6. The molecule has 1 atom stereocenters. The molecule has 0 saturated carbocycles. The smallest absolute Gasteiger partial charge is 0.263 e. The van der Waals surface area contributed by atoms with Crippen LogP contribution in [0.5, 0.6) is 5.75 Å². The molecule has 0 aliphatic carbocycles. The zero-order valence-electron chi connectivity index (χ0n) is 11.7. The first kappa shape index (κ1) is 15.4. The van der Waals surface area contributed by atoms with E-state index >= 15 is 0 Å². The Balaban J connectivity index is 2.73. The molecule has 19 heavy (non-hydrogen) atoms. The maximum Gasteiger partial charge on any atom is 0.263 e. The highest BCUT2D eigenvalue weighted by molar-refractivity contribution is 5.81. The molecule has 106 valence electrons. The molecule has 1 amide bonds. The van der Waals surface area contributed by atoms with Gasteiger partial charge in [0.05, 0.1) is 12.1 Å². The van der Waals surface area contributed by atoms with E-state index in [0.717, 1.165) is 0 Å². The number of ether oxygens (including phenoxy) is 1. The molecule has 1 rings (SSSR count). The number of amides is 1. The Kier molecular flexibility index (Phi) is 4.89. The highest BCUT2D eigenvalue weighted by Crippen LogP contribution is 2.17. The van der Waals surface area contributed by atoms with Gasteiger partial charge in [0, 0.05) is 13.1 Å². The summed E-state index contributed by atoms with van der Waals surface area (Å²) >= 11 is 0. The second-order valence-corrected chi connectivity index (χ2v) is 5.09. The van der Waals surface area contributed by atoms with E-state index in [1.165, 1.54) is 23.1 Å². The number of benzene rings is 1. The summed E-state index contributed by atoms with van der Waals surface area (Å²) in [5, 5.41) is 9.24. The van der Waals surface area contributed by atoms with Crippen molar-refractivity contribution in [3.63, 3.8) is 0 Å². The first-order chi connectivity index (χ1) is 8.77. The highest BCUT2D eigenvalue weighted by atomic mass is 19.1. The van der Waals surface area contributed by atoms with Crippen LogP contribution in [0.1, 0.15) is 20.8 Å². The van der Waals surface area contributed by atoms with Crippen LogP contribution in [0.4, 0.5) is 4.39 Å². The van der Waals surface area contributed by atoms with Crippen molar-refractivity contribution in [1.29, 1.82) is 0 Å². The number of carbonyl (C=O) groups is 1. The van der Waals surface area contributed by atoms with Gasteiger partial charge >= 0.3 is 0 Å². The molecule has 0 fully saturated rings. The quantitative estimate of drug-likeness (QED) is 0.887. The lowest BCUT2D eigenvalue weighted by Crippen LogP contribution is -2.51. The van der Waals surface area contributed by atoms with Gasteiger partial charge in [-0.05, 0) is 32.9 Å². The molecule has 0 spiro atoms. The van der Waals surface area contributed by atoms with Gasteiger partial charge in [0.25, 0.3) is 5.91 Å². The maximum atomic E-state index is 13.0. The van der Waals surface area contributed by atoms with Crippen LogP contribution in [0.15, 0.2) is 24.3 Å². The van der Waals surface area contributed by atoms with Gasteiger partial charge in [-0.1, -0.05) is 6.07 Å². The van der Waals surface area contributed by atoms with Crippen molar-refractivity contribution in [2.75, 3.05) is 13.7 Å². The predicted molar refractivity (Wildman–Crippen MR) is 70.4 cm³/mol. The molecule has 0 heterocycles. The summed E-state index contributed by atoms with van der Waals surface area (Å²) in [7, 11) is 1.60. The van der Waals surface area contributed by atoms with E-state index in [-0.39, 0.29) is 12.5 Å². The normalized spacial score (nSPS) is 12.9. The van der Waals surface area contributed by atoms with Crippen LogP contribution in [-0.2, 0) is 4.79 Å². The molecule has 5 heteroatoms. The van der Waals surface area contributed by atoms with Gasteiger partial charge < -0.3 is 14.7 Å². The van der Waals surface area contributed by atoms with Crippen LogP contribution in [0.2, 0.25) is 0 Å². The number of carbonyl (C=O) groups excluding carboxylic acids is 1. The Morgan fingerprint density at radius 3 is 2.68 bits per heavy atom. The van der Waals surface area contributed by atoms with Crippen molar-refractivity contribution in [2.24, 2.45) is 0 Å². The van der Waals surface area contributed by atoms with Gasteiger partial charge in [0.1, 0.15) is 11.6 Å². The zero-order valence-corrected chi connectivity index (χ0v) is 11.7. The van der Waals surface area contributed by atoms with E-state index in [9.17, 15) is 14.3 Å². The number of hydrogen-bond acceptors (Lipinski definition) is 3. The summed E-state index contributed by atoms with van der Waals surface area (Å²) in [6.07, 6.45) is -0.752. The van der Waals surface area contributed by atoms with Crippen LogP contribution in [0.3, 0.4) is 0 Å². The first-order valence-corrected chi connectivity index (χ1v) is 6.08. The summed E-state index contributed by atoms with van der Waals surface area (Å²) in [6, 6.07) is 5.63. The molecule has 0 radical (unpaired) electrons. The second-order valence-electron chi connectivity index (χ2n) is 5.09. The van der Waals surface area contributed by atoms with Crippen molar-refractivity contribution < 1.29 is 19.0 Å². The monoisotopic (exact) mass is 269 g/mol. The van der Waals surface area contributed by atoms with Crippen LogP contribution in [-0.4, -0.2) is 41.2 Å². The summed E-state index contributed by atoms with van der Waals surface area (Å²) in [4.78, 5) is 13.6. The summed E-state index contributed by atoms with van der Waals surface area (Å²) in [5.74, 6) is -0.388. The second kappa shape index (κ2) is 6.02. The third kappa shape index (κ3) is 3.92. The predicted octanol–water partition coefficient (Wildman–Crippen LogP) is 1.82. The minimum absolute atomic E-state index is 0.151. The lowest BCUT2D eigenvalue weighted by atomic mass is 10.0. The highest BCUT2D eigenvalue weighted by Gasteiger charge is 2.30. The SMILES string of the molecule is CC(Oc1cccc(F)c1)C(=O)N(C)C(C)(C)CO. The minimum atomic E-state index is -0.752. The molecule has 1 aromatic carbocycles. The van der Waals surface area contributed by atoms with E-state index in [1.54, 1.807) is 33.9 Å². The molecule has 0 saturated heterocycles. The van der Waals surface area contributed by atoms with E-state index in [1.807, 2.05) is 0 Å². The van der Waals surface area contributed by atoms with Crippen LogP contribution in [0, 0.1) is 5.82 Å². The number of nitrogens with zero attached hydrogens (tertiary/aromatic N) is 1. The first-order valence-electron chi connectivity index (χ1n) is 6.08. The molecule has 4 nitrogen and oxygen atoms in total. The van der Waals surface area contributed by atoms with E-state index < -0.39 is 17.5 Å². The van der Waals surface area contributed by atoms with Crippen LogP contribution >= 0.6 is 0 Å². The molecule has 0 bridgehead atoms. The average Bonchev–Trinajstić information content (AvgIpc) is 2.36. The van der Waals surface area contributed by atoms with Gasteiger partial charge in [0.15, 0.2) is 6.10 Å². The van der Waals surface area contributed by atoms with Crippen molar-refractivity contribution in [2.45, 2.75) is 32.4 Å². The molecule has 0 aliphatic rings. The number of halogens is 1.